The molecule has 1 fully saturated rings. The molecule has 1 unspecified atom stereocenters. The maximum atomic E-state index is 13.4. The van der Waals surface area contributed by atoms with Crippen LogP contribution in [0.2, 0.25) is 5.02 Å². The van der Waals surface area contributed by atoms with Crippen molar-refractivity contribution in [2.45, 2.75) is 39.7 Å². The fourth-order valence-corrected chi connectivity index (χ4v) is 6.15. The summed E-state index contributed by atoms with van der Waals surface area (Å²) in [6.07, 6.45) is 0.128. The van der Waals surface area contributed by atoms with Gasteiger partial charge in [0, 0.05) is 54.8 Å². The van der Waals surface area contributed by atoms with Gasteiger partial charge in [-0.2, -0.15) is 0 Å². The molecule has 1 saturated heterocycles. The fraction of sp³-hybridized carbons (Fsp3) is 0.343. The van der Waals surface area contributed by atoms with E-state index in [1.807, 2.05) is 66.4 Å². The summed E-state index contributed by atoms with van der Waals surface area (Å²) in [5, 5.41) is 0.543. The Morgan fingerprint density at radius 1 is 0.909 bits per heavy atom. The number of benzene rings is 3. The van der Waals surface area contributed by atoms with E-state index in [0.29, 0.717) is 41.6 Å². The summed E-state index contributed by atoms with van der Waals surface area (Å²) in [6, 6.07) is 22.6. The van der Waals surface area contributed by atoms with Crippen LogP contribution in [-0.2, 0) is 20.9 Å². The molecule has 0 N–H and O–H groups in total. The summed E-state index contributed by atoms with van der Waals surface area (Å²) in [5.41, 5.74) is 4.33. The van der Waals surface area contributed by atoms with E-state index < -0.39 is 11.9 Å². The molecular formula is C35H38ClN3O5. The van der Waals surface area contributed by atoms with Gasteiger partial charge in [0.15, 0.2) is 0 Å². The molecule has 5 rings (SSSR count). The van der Waals surface area contributed by atoms with Gasteiger partial charge in [-0.15, -0.1) is 0 Å². The van der Waals surface area contributed by atoms with Crippen molar-refractivity contribution in [1.82, 2.24) is 9.80 Å². The third-order valence-corrected chi connectivity index (χ3v) is 8.42. The molecule has 2 heterocycles. The molecule has 0 bridgehead atoms. The first kappa shape index (κ1) is 31.1. The van der Waals surface area contributed by atoms with Crippen molar-refractivity contribution in [1.29, 1.82) is 0 Å². The van der Waals surface area contributed by atoms with Gasteiger partial charge in [-0.05, 0) is 68.3 Å². The van der Waals surface area contributed by atoms with Crippen LogP contribution in [0.15, 0.2) is 84.1 Å². The van der Waals surface area contributed by atoms with E-state index in [1.54, 1.807) is 30.9 Å². The maximum Gasteiger partial charge on any atom is 0.336 e. The van der Waals surface area contributed by atoms with Crippen molar-refractivity contribution in [3.8, 4) is 5.75 Å². The Morgan fingerprint density at radius 2 is 1.64 bits per heavy atom. The SMILES string of the molecule is CCOC(=O)C1=C(C)N(Cc2ccc(C(=O)N3CCN(c4ccccc4OCC)CC3)cc2)C(=O)CC1c1cccc(Cl)c1. The smallest absolute Gasteiger partial charge is 0.336 e. The Bertz CT molecular complexity index is 1550. The number of allylic oxidation sites excluding steroid dienone is 1. The first-order valence-corrected chi connectivity index (χ1v) is 15.5. The van der Waals surface area contributed by atoms with Crippen molar-refractivity contribution in [3.63, 3.8) is 0 Å². The number of anilines is 1. The molecule has 3 aromatic rings. The molecule has 230 valence electrons. The maximum absolute atomic E-state index is 13.4. The number of carbonyl (C=O) groups is 3. The van der Waals surface area contributed by atoms with Gasteiger partial charge in [-0.3, -0.25) is 9.59 Å². The van der Waals surface area contributed by atoms with E-state index in [1.165, 1.54) is 0 Å². The third-order valence-electron chi connectivity index (χ3n) is 8.18. The lowest BCUT2D eigenvalue weighted by atomic mass is 9.83. The lowest BCUT2D eigenvalue weighted by Crippen LogP contribution is -2.48. The molecule has 44 heavy (non-hydrogen) atoms. The zero-order valence-electron chi connectivity index (χ0n) is 25.4. The van der Waals surface area contributed by atoms with Crippen LogP contribution in [-0.4, -0.2) is 67.0 Å². The highest BCUT2D eigenvalue weighted by atomic mass is 35.5. The predicted molar refractivity (Wildman–Crippen MR) is 171 cm³/mol. The van der Waals surface area contributed by atoms with Crippen LogP contribution in [0.4, 0.5) is 5.69 Å². The molecule has 0 aliphatic carbocycles. The molecule has 3 aromatic carbocycles. The molecule has 2 amide bonds. The second-order valence-corrected chi connectivity index (χ2v) is 11.3. The zero-order chi connectivity index (χ0) is 31.2. The molecular weight excluding hydrogens is 578 g/mol. The number of halogens is 1. The monoisotopic (exact) mass is 615 g/mol. The topological polar surface area (TPSA) is 79.4 Å². The molecule has 0 radical (unpaired) electrons. The van der Waals surface area contributed by atoms with Crippen molar-refractivity contribution in [2.75, 3.05) is 44.3 Å². The number of nitrogens with zero attached hydrogens (tertiary/aromatic N) is 3. The lowest BCUT2D eigenvalue weighted by Gasteiger charge is -2.36. The van der Waals surface area contributed by atoms with Crippen LogP contribution < -0.4 is 9.64 Å². The summed E-state index contributed by atoms with van der Waals surface area (Å²) in [7, 11) is 0. The van der Waals surface area contributed by atoms with Crippen LogP contribution >= 0.6 is 11.6 Å². The molecule has 2 aliphatic rings. The summed E-state index contributed by atoms with van der Waals surface area (Å²) < 4.78 is 11.2. The van der Waals surface area contributed by atoms with Crippen LogP contribution in [0.3, 0.4) is 0 Å². The third kappa shape index (κ3) is 6.76. The quantitative estimate of drug-likeness (QED) is 0.273. The van der Waals surface area contributed by atoms with Crippen molar-refractivity contribution >= 4 is 35.1 Å². The van der Waals surface area contributed by atoms with Gasteiger partial charge >= 0.3 is 5.97 Å². The fourth-order valence-electron chi connectivity index (χ4n) is 5.95. The molecule has 9 heteroatoms. The number of hydrogen-bond acceptors (Lipinski definition) is 6. The minimum absolute atomic E-state index is 0.0200. The highest BCUT2D eigenvalue weighted by Crippen LogP contribution is 2.38. The second kappa shape index (κ2) is 14.0. The summed E-state index contributed by atoms with van der Waals surface area (Å²) >= 11 is 6.23. The molecule has 0 saturated carbocycles. The summed E-state index contributed by atoms with van der Waals surface area (Å²) in [6.45, 7) is 9.28. The van der Waals surface area contributed by atoms with Crippen LogP contribution in [0.1, 0.15) is 54.6 Å². The first-order valence-electron chi connectivity index (χ1n) is 15.1. The largest absolute Gasteiger partial charge is 0.492 e. The number of amides is 2. The van der Waals surface area contributed by atoms with E-state index in [-0.39, 0.29) is 31.4 Å². The number of piperazine rings is 1. The average molecular weight is 616 g/mol. The van der Waals surface area contributed by atoms with Crippen molar-refractivity contribution in [2.24, 2.45) is 0 Å². The van der Waals surface area contributed by atoms with Gasteiger partial charge < -0.3 is 24.2 Å². The number of rotatable bonds is 9. The number of hydrogen-bond donors (Lipinski definition) is 0. The normalized spacial score (nSPS) is 17.1. The first-order chi connectivity index (χ1) is 21.3. The van der Waals surface area contributed by atoms with E-state index in [4.69, 9.17) is 21.1 Å². The predicted octanol–water partition coefficient (Wildman–Crippen LogP) is 6.05. The Hall–Kier alpha value is -4.30. The van der Waals surface area contributed by atoms with E-state index >= 15 is 0 Å². The van der Waals surface area contributed by atoms with Gasteiger partial charge in [-0.1, -0.05) is 48.0 Å². The van der Waals surface area contributed by atoms with Crippen LogP contribution in [0.25, 0.3) is 0 Å². The van der Waals surface area contributed by atoms with Gasteiger partial charge in [-0.25, -0.2) is 4.79 Å². The second-order valence-electron chi connectivity index (χ2n) is 10.9. The van der Waals surface area contributed by atoms with Gasteiger partial charge in [0.05, 0.1) is 31.0 Å². The number of carbonyl (C=O) groups excluding carboxylic acids is 3. The Balaban J connectivity index is 1.27. The minimum atomic E-state index is -0.440. The molecule has 0 spiro atoms. The number of ether oxygens (including phenoxy) is 2. The molecule has 8 nitrogen and oxygen atoms in total. The molecule has 1 atom stereocenters. The van der Waals surface area contributed by atoms with Crippen molar-refractivity contribution < 1.29 is 23.9 Å². The van der Waals surface area contributed by atoms with Crippen molar-refractivity contribution in [3.05, 3.63) is 106 Å². The number of para-hydroxylation sites is 2. The van der Waals surface area contributed by atoms with Gasteiger partial charge in [0.1, 0.15) is 5.75 Å². The molecule has 0 aromatic heterocycles. The Kier molecular flexibility index (Phi) is 9.90. The highest BCUT2D eigenvalue weighted by Gasteiger charge is 2.37. The zero-order valence-corrected chi connectivity index (χ0v) is 26.2. The highest BCUT2D eigenvalue weighted by molar-refractivity contribution is 6.30. The van der Waals surface area contributed by atoms with Gasteiger partial charge in [0.25, 0.3) is 5.91 Å². The van der Waals surface area contributed by atoms with E-state index in [2.05, 4.69) is 11.0 Å². The Labute approximate surface area is 263 Å². The van der Waals surface area contributed by atoms with Crippen LogP contribution in [0.5, 0.6) is 5.75 Å². The molecule has 2 aliphatic heterocycles. The van der Waals surface area contributed by atoms with E-state index in [0.717, 1.165) is 35.7 Å². The summed E-state index contributed by atoms with van der Waals surface area (Å²) in [4.78, 5) is 45.6. The summed E-state index contributed by atoms with van der Waals surface area (Å²) in [5.74, 6) is -0.130. The van der Waals surface area contributed by atoms with E-state index in [9.17, 15) is 14.4 Å². The average Bonchev–Trinajstić information content (AvgIpc) is 3.03. The lowest BCUT2D eigenvalue weighted by molar-refractivity contribution is -0.140. The van der Waals surface area contributed by atoms with Gasteiger partial charge in [0.2, 0.25) is 5.91 Å². The Morgan fingerprint density at radius 3 is 2.32 bits per heavy atom. The minimum Gasteiger partial charge on any atom is -0.492 e. The standard InChI is InChI=1S/C35H38ClN3O5/c1-4-43-31-12-7-6-11-30(31)37-17-19-38(20-18-37)34(41)26-15-13-25(14-16-26)23-39-24(3)33(35(42)44-5-2)29(22-32(39)40)27-9-8-10-28(36)21-27/h6-16,21,29H,4-5,17-20,22-23H2,1-3H3. The van der Waals surface area contributed by atoms with Crippen LogP contribution in [0, 0.1) is 0 Å². The number of esters is 1.